The fourth-order valence-corrected chi connectivity index (χ4v) is 4.79. The second-order valence-electron chi connectivity index (χ2n) is 8.84. The lowest BCUT2D eigenvalue weighted by atomic mass is 9.67. The van der Waals surface area contributed by atoms with Crippen molar-refractivity contribution in [1.29, 1.82) is 0 Å². The van der Waals surface area contributed by atoms with Gasteiger partial charge in [0.05, 0.1) is 26.4 Å². The van der Waals surface area contributed by atoms with E-state index in [2.05, 4.69) is 5.16 Å². The third-order valence-electron chi connectivity index (χ3n) is 6.21. The van der Waals surface area contributed by atoms with Gasteiger partial charge in [-0.3, -0.25) is 4.79 Å². The minimum absolute atomic E-state index is 0.0518. The van der Waals surface area contributed by atoms with E-state index >= 15 is 0 Å². The van der Waals surface area contributed by atoms with Gasteiger partial charge in [0.15, 0.2) is 5.60 Å². The molecule has 0 radical (unpaired) electrons. The molecule has 1 unspecified atom stereocenters. The highest BCUT2D eigenvalue weighted by molar-refractivity contribution is 6.48. The first-order valence-corrected chi connectivity index (χ1v) is 11.5. The first kappa shape index (κ1) is 25.1. The van der Waals surface area contributed by atoms with Crippen LogP contribution >= 0.6 is 34.8 Å². The number of rotatable bonds is 5. The third-order valence-corrected chi connectivity index (χ3v) is 7.41. The zero-order valence-corrected chi connectivity index (χ0v) is 20.1. The minimum Gasteiger partial charge on any atom is -0.385 e. The third kappa shape index (κ3) is 5.00. The Morgan fingerprint density at radius 1 is 1.15 bits per heavy atom. The maximum atomic E-state index is 12.3. The number of nitrogens with one attached hydrogen (secondary N) is 1. The Bertz CT molecular complexity index is 1130. The van der Waals surface area contributed by atoms with Crippen molar-refractivity contribution >= 4 is 46.4 Å². The summed E-state index contributed by atoms with van der Waals surface area (Å²) in [6.07, 6.45) is -3.93. The molecule has 2 aromatic rings. The van der Waals surface area contributed by atoms with Gasteiger partial charge in [-0.15, -0.1) is 0 Å². The number of amides is 1. The summed E-state index contributed by atoms with van der Waals surface area (Å²) in [5.74, 6) is -1.38. The summed E-state index contributed by atoms with van der Waals surface area (Å²) in [5.41, 5.74) is 0.699. The van der Waals surface area contributed by atoms with Crippen LogP contribution in [-0.4, -0.2) is 29.4 Å². The Labute approximate surface area is 208 Å². The lowest BCUT2D eigenvalue weighted by Gasteiger charge is -2.43. The minimum atomic E-state index is -4.47. The molecule has 1 fully saturated rings. The molecule has 182 valence electrons. The van der Waals surface area contributed by atoms with Gasteiger partial charge in [0.1, 0.15) is 6.54 Å². The smallest absolute Gasteiger partial charge is 0.385 e. The molecule has 1 aliphatic carbocycles. The molecule has 1 heterocycles. The topological polar surface area (TPSA) is 70.9 Å². The SMILES string of the molecule is CC1(c2cc(Cl)c(Cl)c(Cl)c2)CC(c2ccc(C3(O)CC(C(=O)NCC(F)(F)F)C3)cc2)=NO1. The summed E-state index contributed by atoms with van der Waals surface area (Å²) in [7, 11) is 0. The molecule has 4 rings (SSSR count). The lowest BCUT2D eigenvalue weighted by Crippen LogP contribution is -2.49. The molecule has 2 aromatic carbocycles. The van der Waals surface area contributed by atoms with E-state index in [4.69, 9.17) is 39.6 Å². The second-order valence-corrected chi connectivity index (χ2v) is 10.0. The Morgan fingerprint density at radius 3 is 2.29 bits per heavy atom. The van der Waals surface area contributed by atoms with Crippen molar-refractivity contribution in [3.8, 4) is 0 Å². The summed E-state index contributed by atoms with van der Waals surface area (Å²) >= 11 is 18.3. The van der Waals surface area contributed by atoms with Crippen molar-refractivity contribution in [1.82, 2.24) is 5.32 Å². The highest BCUT2D eigenvalue weighted by Gasteiger charge is 2.48. The van der Waals surface area contributed by atoms with Gasteiger partial charge in [-0.2, -0.15) is 13.2 Å². The maximum Gasteiger partial charge on any atom is 0.405 e. The van der Waals surface area contributed by atoms with Gasteiger partial charge in [0.25, 0.3) is 0 Å². The predicted octanol–water partition coefficient (Wildman–Crippen LogP) is 5.96. The van der Waals surface area contributed by atoms with Crippen LogP contribution in [0.1, 0.15) is 42.9 Å². The van der Waals surface area contributed by atoms with Crippen molar-refractivity contribution in [2.24, 2.45) is 11.1 Å². The quantitative estimate of drug-likeness (QED) is 0.464. The molecule has 5 nitrogen and oxygen atoms in total. The monoisotopic (exact) mass is 534 g/mol. The molecular formula is C23H20Cl3F3N2O3. The van der Waals surface area contributed by atoms with Crippen molar-refractivity contribution in [2.75, 3.05) is 6.54 Å². The van der Waals surface area contributed by atoms with Crippen molar-refractivity contribution in [2.45, 2.75) is 43.6 Å². The molecule has 11 heteroatoms. The van der Waals surface area contributed by atoms with Crippen molar-refractivity contribution in [3.05, 3.63) is 68.2 Å². The number of nitrogens with zero attached hydrogens (tertiary/aromatic N) is 1. The van der Waals surface area contributed by atoms with Gasteiger partial charge < -0.3 is 15.3 Å². The van der Waals surface area contributed by atoms with Crippen LogP contribution in [0.4, 0.5) is 13.2 Å². The summed E-state index contributed by atoms with van der Waals surface area (Å²) in [4.78, 5) is 17.6. The average Bonchev–Trinajstić information content (AvgIpc) is 3.16. The molecule has 1 atom stereocenters. The van der Waals surface area contributed by atoms with Crippen LogP contribution in [0.3, 0.4) is 0 Å². The largest absolute Gasteiger partial charge is 0.405 e. The molecule has 1 amide bonds. The number of aliphatic hydroxyl groups is 1. The number of hydrogen-bond acceptors (Lipinski definition) is 4. The molecule has 0 spiro atoms. The van der Waals surface area contributed by atoms with Gasteiger partial charge in [0, 0.05) is 17.9 Å². The standard InChI is InChI=1S/C23H20Cl3F3N2O3/c1-21(15-6-16(24)19(26)17(25)7-15)10-18(31-34-21)12-2-4-14(5-3-12)22(33)8-13(9-22)20(32)30-11-23(27,28)29/h2-7,13,33H,8-11H2,1H3,(H,30,32). The Morgan fingerprint density at radius 2 is 1.74 bits per heavy atom. The van der Waals surface area contributed by atoms with Crippen molar-refractivity contribution < 1.29 is 27.9 Å². The summed E-state index contributed by atoms with van der Waals surface area (Å²) in [5, 5.41) is 17.8. The van der Waals surface area contributed by atoms with Gasteiger partial charge in [-0.25, -0.2) is 0 Å². The van der Waals surface area contributed by atoms with Crippen LogP contribution < -0.4 is 5.32 Å². The van der Waals surface area contributed by atoms with Crippen LogP contribution in [0.25, 0.3) is 0 Å². The maximum absolute atomic E-state index is 12.3. The average molecular weight is 536 g/mol. The number of carbonyl (C=O) groups excluding carboxylic acids is 1. The Hall–Kier alpha value is -2.00. The summed E-state index contributed by atoms with van der Waals surface area (Å²) in [6, 6.07) is 10.4. The van der Waals surface area contributed by atoms with Gasteiger partial charge >= 0.3 is 6.18 Å². The molecule has 34 heavy (non-hydrogen) atoms. The molecule has 0 saturated heterocycles. The fraction of sp³-hybridized carbons (Fsp3) is 0.391. The molecule has 1 saturated carbocycles. The van der Waals surface area contributed by atoms with E-state index < -0.39 is 35.7 Å². The van der Waals surface area contributed by atoms with Gasteiger partial charge in [-0.1, -0.05) is 64.2 Å². The second kappa shape index (κ2) is 8.90. The first-order valence-electron chi connectivity index (χ1n) is 10.4. The lowest BCUT2D eigenvalue weighted by molar-refractivity contribution is -0.152. The zero-order chi connectivity index (χ0) is 24.9. The number of hydrogen-bond donors (Lipinski definition) is 2. The van der Waals surface area contributed by atoms with Crippen molar-refractivity contribution in [3.63, 3.8) is 0 Å². The summed E-state index contributed by atoms with van der Waals surface area (Å²) < 4.78 is 36.8. The van der Waals surface area contributed by atoms with E-state index in [1.165, 1.54) is 0 Å². The predicted molar refractivity (Wildman–Crippen MR) is 123 cm³/mol. The number of carbonyl (C=O) groups is 1. The fourth-order valence-electron chi connectivity index (χ4n) is 4.19. The molecule has 0 bridgehead atoms. The van der Waals surface area contributed by atoms with Crippen LogP contribution in [0.15, 0.2) is 41.6 Å². The van der Waals surface area contributed by atoms with E-state index in [-0.39, 0.29) is 17.9 Å². The number of alkyl halides is 3. The molecule has 2 N–H and O–H groups in total. The van der Waals surface area contributed by atoms with E-state index in [9.17, 15) is 23.1 Å². The van der Waals surface area contributed by atoms with E-state index in [1.54, 1.807) is 36.4 Å². The number of benzene rings is 2. The normalized spacial score (nSPS) is 26.5. The van der Waals surface area contributed by atoms with E-state index in [1.807, 2.05) is 12.2 Å². The molecule has 1 aliphatic heterocycles. The van der Waals surface area contributed by atoms with E-state index in [0.29, 0.717) is 27.7 Å². The first-order chi connectivity index (χ1) is 15.8. The highest BCUT2D eigenvalue weighted by atomic mass is 35.5. The van der Waals surface area contributed by atoms with E-state index in [0.717, 1.165) is 11.1 Å². The Kier molecular flexibility index (Phi) is 6.57. The molecular weight excluding hydrogens is 516 g/mol. The molecule has 0 aromatic heterocycles. The van der Waals surface area contributed by atoms with Crippen LogP contribution in [-0.2, 0) is 20.8 Å². The number of halogens is 6. The van der Waals surface area contributed by atoms with Crippen LogP contribution in [0, 0.1) is 5.92 Å². The van der Waals surface area contributed by atoms with Crippen LogP contribution in [0.5, 0.6) is 0 Å². The van der Waals surface area contributed by atoms with Gasteiger partial charge in [0.2, 0.25) is 5.91 Å². The summed E-state index contributed by atoms with van der Waals surface area (Å²) in [6.45, 7) is 0.474. The number of oxime groups is 1. The Balaban J connectivity index is 1.40. The molecule has 2 aliphatic rings. The highest BCUT2D eigenvalue weighted by Crippen LogP contribution is 2.46. The van der Waals surface area contributed by atoms with Gasteiger partial charge in [-0.05, 0) is 43.0 Å². The van der Waals surface area contributed by atoms with Crippen LogP contribution in [0.2, 0.25) is 15.1 Å². The zero-order valence-electron chi connectivity index (χ0n) is 17.8.